The van der Waals surface area contributed by atoms with Crippen molar-refractivity contribution in [2.75, 3.05) is 51.1 Å². The molecule has 7 nitrogen and oxygen atoms in total. The van der Waals surface area contributed by atoms with Gasteiger partial charge in [-0.25, -0.2) is 4.39 Å². The van der Waals surface area contributed by atoms with E-state index < -0.39 is 29.2 Å². The lowest BCUT2D eigenvalue weighted by Gasteiger charge is -2.37. The highest BCUT2D eigenvalue weighted by Crippen LogP contribution is 2.57. The second-order valence-electron chi connectivity index (χ2n) is 12.7. The van der Waals surface area contributed by atoms with Crippen molar-refractivity contribution in [2.45, 2.75) is 57.5 Å². The minimum absolute atomic E-state index is 0.0444. The van der Waals surface area contributed by atoms with E-state index in [4.69, 9.17) is 23.2 Å². The van der Waals surface area contributed by atoms with Crippen molar-refractivity contribution < 1.29 is 14.0 Å². The molecule has 2 amide bonds. The van der Waals surface area contributed by atoms with Crippen molar-refractivity contribution in [1.82, 2.24) is 20.4 Å². The zero-order chi connectivity index (χ0) is 29.5. The second-order valence-corrected chi connectivity index (χ2v) is 13.5. The normalized spacial score (nSPS) is 26.8. The molecule has 5 rings (SSSR count). The molecule has 222 valence electrons. The molecule has 0 aliphatic carbocycles. The van der Waals surface area contributed by atoms with Gasteiger partial charge < -0.3 is 20.9 Å². The summed E-state index contributed by atoms with van der Waals surface area (Å²) in [6.07, 6.45) is 0.576. The van der Waals surface area contributed by atoms with Crippen LogP contribution in [0.4, 0.5) is 10.1 Å². The molecule has 3 aliphatic heterocycles. The lowest BCUT2D eigenvalue weighted by atomic mass is 9.62. The molecule has 0 saturated carbocycles. The Morgan fingerprint density at radius 1 is 1.12 bits per heavy atom. The Bertz CT molecular complexity index is 1310. The fourth-order valence-corrected chi connectivity index (χ4v) is 7.28. The Morgan fingerprint density at radius 2 is 1.83 bits per heavy atom. The van der Waals surface area contributed by atoms with Crippen LogP contribution in [0.1, 0.15) is 51.2 Å². The SMILES string of the molecule is CCN1CCN(CCNC(=O)C2NC(CC(C)(C)C)C3(C(=O)Nc4cc(Cl)ccc43)C2c2cccc(Cl)c2F)CC1. The van der Waals surface area contributed by atoms with Crippen LogP contribution in [0.25, 0.3) is 0 Å². The van der Waals surface area contributed by atoms with Gasteiger partial charge >= 0.3 is 0 Å². The van der Waals surface area contributed by atoms with E-state index in [1.54, 1.807) is 24.3 Å². The minimum atomic E-state index is -1.25. The van der Waals surface area contributed by atoms with Crippen LogP contribution in [0.15, 0.2) is 36.4 Å². The predicted octanol–water partition coefficient (Wildman–Crippen LogP) is 4.64. The number of hydrogen-bond donors (Lipinski definition) is 3. The minimum Gasteiger partial charge on any atom is -0.353 e. The Kier molecular flexibility index (Phi) is 8.71. The van der Waals surface area contributed by atoms with E-state index in [1.807, 2.05) is 6.07 Å². The van der Waals surface area contributed by atoms with Gasteiger partial charge in [-0.05, 0) is 47.7 Å². The largest absolute Gasteiger partial charge is 0.353 e. The molecule has 3 heterocycles. The van der Waals surface area contributed by atoms with Crippen LogP contribution < -0.4 is 16.0 Å². The highest BCUT2D eigenvalue weighted by atomic mass is 35.5. The summed E-state index contributed by atoms with van der Waals surface area (Å²) in [6, 6.07) is 8.78. The second kappa shape index (κ2) is 11.8. The monoisotopic (exact) mass is 603 g/mol. The third-order valence-electron chi connectivity index (χ3n) is 8.86. The summed E-state index contributed by atoms with van der Waals surface area (Å²) in [5, 5.41) is 10.1. The maximum atomic E-state index is 15.9. The summed E-state index contributed by atoms with van der Waals surface area (Å²) in [4.78, 5) is 32.9. The first-order valence-corrected chi connectivity index (χ1v) is 15.2. The van der Waals surface area contributed by atoms with Gasteiger partial charge in [0, 0.05) is 61.9 Å². The summed E-state index contributed by atoms with van der Waals surface area (Å²) in [7, 11) is 0. The average Bonchev–Trinajstić information content (AvgIpc) is 3.39. The average molecular weight is 605 g/mol. The molecular weight excluding hydrogens is 564 g/mol. The maximum absolute atomic E-state index is 15.9. The van der Waals surface area contributed by atoms with Gasteiger partial charge in [0.1, 0.15) is 11.2 Å². The van der Waals surface area contributed by atoms with Gasteiger partial charge in [-0.2, -0.15) is 0 Å². The number of likely N-dealkylation sites (N-methyl/N-ethyl adjacent to an activating group) is 1. The molecule has 0 bridgehead atoms. The molecule has 2 aromatic rings. The van der Waals surface area contributed by atoms with Gasteiger partial charge in [-0.3, -0.25) is 14.5 Å². The van der Waals surface area contributed by atoms with E-state index in [9.17, 15) is 9.59 Å². The van der Waals surface area contributed by atoms with Crippen LogP contribution in [-0.4, -0.2) is 79.5 Å². The number of carbonyl (C=O) groups is 2. The van der Waals surface area contributed by atoms with E-state index in [0.29, 0.717) is 29.2 Å². The van der Waals surface area contributed by atoms with Gasteiger partial charge in [0.2, 0.25) is 11.8 Å². The number of rotatable bonds is 7. The van der Waals surface area contributed by atoms with Crippen LogP contribution in [0.2, 0.25) is 10.0 Å². The van der Waals surface area contributed by atoms with Crippen LogP contribution in [0.5, 0.6) is 0 Å². The molecular formula is C31H40Cl2FN5O2. The zero-order valence-electron chi connectivity index (χ0n) is 24.2. The van der Waals surface area contributed by atoms with Gasteiger partial charge in [0.15, 0.2) is 0 Å². The van der Waals surface area contributed by atoms with Crippen molar-refractivity contribution >= 4 is 40.7 Å². The van der Waals surface area contributed by atoms with E-state index in [0.717, 1.165) is 39.3 Å². The molecule has 1 spiro atoms. The molecule has 3 aliphatic rings. The molecule has 4 unspecified atom stereocenters. The standard InChI is InChI=1S/C31H40Cl2FN5O2/c1-5-38-13-15-39(16-14-38)12-11-35-28(40)27-25(20-7-6-8-22(33)26(20)34)31(24(37-27)18-30(2,3)4)21-10-9-19(32)17-23(21)36-29(31)41/h6-10,17,24-25,27,37H,5,11-16,18H2,1-4H3,(H,35,40)(H,36,41). The van der Waals surface area contributed by atoms with E-state index in [-0.39, 0.29) is 27.8 Å². The number of nitrogens with one attached hydrogen (secondary N) is 3. The predicted molar refractivity (Wildman–Crippen MR) is 162 cm³/mol. The lowest BCUT2D eigenvalue weighted by molar-refractivity contribution is -0.124. The quantitative estimate of drug-likeness (QED) is 0.430. The Balaban J connectivity index is 1.52. The lowest BCUT2D eigenvalue weighted by Crippen LogP contribution is -2.50. The topological polar surface area (TPSA) is 76.7 Å². The molecule has 3 N–H and O–H groups in total. The third kappa shape index (κ3) is 5.74. The van der Waals surface area contributed by atoms with Gasteiger partial charge in [0.05, 0.1) is 11.1 Å². The molecule has 0 radical (unpaired) electrons. The molecule has 2 saturated heterocycles. The fourth-order valence-electron chi connectivity index (χ4n) is 6.93. The van der Waals surface area contributed by atoms with Gasteiger partial charge in [0.25, 0.3) is 0 Å². The van der Waals surface area contributed by atoms with Crippen molar-refractivity contribution in [1.29, 1.82) is 0 Å². The van der Waals surface area contributed by atoms with Crippen molar-refractivity contribution in [3.05, 3.63) is 63.4 Å². The first-order valence-electron chi connectivity index (χ1n) is 14.5. The summed E-state index contributed by atoms with van der Waals surface area (Å²) in [5.41, 5.74) is 0.0982. The third-order valence-corrected chi connectivity index (χ3v) is 9.39. The molecule has 10 heteroatoms. The molecule has 0 aromatic heterocycles. The summed E-state index contributed by atoms with van der Waals surface area (Å²) in [5.74, 6) is -1.99. The highest BCUT2D eigenvalue weighted by Gasteiger charge is 2.66. The summed E-state index contributed by atoms with van der Waals surface area (Å²) in [6.45, 7) is 14.6. The Morgan fingerprint density at radius 3 is 2.51 bits per heavy atom. The fraction of sp³-hybridized carbons (Fsp3) is 0.548. The van der Waals surface area contributed by atoms with Gasteiger partial charge in [-0.15, -0.1) is 0 Å². The molecule has 2 fully saturated rings. The summed E-state index contributed by atoms with van der Waals surface area (Å²) < 4.78 is 15.9. The number of hydrogen-bond acceptors (Lipinski definition) is 5. The Labute approximate surface area is 252 Å². The maximum Gasteiger partial charge on any atom is 0.237 e. The number of benzene rings is 2. The van der Waals surface area contributed by atoms with Crippen LogP contribution in [-0.2, 0) is 15.0 Å². The van der Waals surface area contributed by atoms with Crippen molar-refractivity contribution in [3.63, 3.8) is 0 Å². The van der Waals surface area contributed by atoms with Crippen molar-refractivity contribution in [2.24, 2.45) is 5.41 Å². The number of halogens is 3. The molecule has 2 aromatic carbocycles. The summed E-state index contributed by atoms with van der Waals surface area (Å²) >= 11 is 12.6. The van der Waals surface area contributed by atoms with E-state index in [1.165, 1.54) is 6.07 Å². The number of anilines is 1. The van der Waals surface area contributed by atoms with Crippen LogP contribution in [0, 0.1) is 11.2 Å². The highest BCUT2D eigenvalue weighted by molar-refractivity contribution is 6.31. The van der Waals surface area contributed by atoms with Crippen molar-refractivity contribution in [3.8, 4) is 0 Å². The first-order chi connectivity index (χ1) is 19.5. The number of carbonyl (C=O) groups excluding carboxylic acids is 2. The van der Waals surface area contributed by atoms with E-state index in [2.05, 4.69) is 53.4 Å². The van der Waals surface area contributed by atoms with Gasteiger partial charge in [-0.1, -0.05) is 69.1 Å². The molecule has 41 heavy (non-hydrogen) atoms. The van der Waals surface area contributed by atoms with Crippen LogP contribution >= 0.6 is 23.2 Å². The van der Waals surface area contributed by atoms with E-state index >= 15 is 4.39 Å². The zero-order valence-corrected chi connectivity index (χ0v) is 25.7. The Hall–Kier alpha value is -2.23. The molecule has 4 atom stereocenters. The smallest absolute Gasteiger partial charge is 0.237 e. The number of piperazine rings is 1. The number of nitrogens with zero attached hydrogens (tertiary/aromatic N) is 2. The first kappa shape index (κ1) is 30.2. The number of fused-ring (bicyclic) bond motifs is 2. The number of amides is 2. The van der Waals surface area contributed by atoms with Crippen LogP contribution in [0.3, 0.4) is 0 Å².